The zero-order valence-corrected chi connectivity index (χ0v) is 15.9. The Bertz CT molecular complexity index is 900. The number of halogens is 1. The maximum absolute atomic E-state index is 12.8. The molecule has 1 saturated heterocycles. The van der Waals surface area contributed by atoms with Gasteiger partial charge in [0.15, 0.2) is 0 Å². The zero-order valence-electron chi connectivity index (χ0n) is 14.4. The molecule has 2 heterocycles. The van der Waals surface area contributed by atoms with Crippen molar-refractivity contribution in [2.75, 3.05) is 18.4 Å². The monoisotopic (exact) mass is 393 g/mol. The SMILES string of the molecule is Cc1cccc(NC(=O)[C@H]2CCCN(S(=O)(=O)c3ccc(Cl)cc3)C2)n1. The Labute approximate surface area is 158 Å². The second-order valence-corrected chi connectivity index (χ2v) is 8.68. The number of sulfonamides is 1. The van der Waals surface area contributed by atoms with Crippen molar-refractivity contribution in [3.63, 3.8) is 0 Å². The highest BCUT2D eigenvalue weighted by atomic mass is 35.5. The highest BCUT2D eigenvalue weighted by Crippen LogP contribution is 2.25. The molecule has 1 amide bonds. The quantitative estimate of drug-likeness (QED) is 0.865. The first-order valence-corrected chi connectivity index (χ1v) is 10.2. The molecule has 0 saturated carbocycles. The highest BCUT2D eigenvalue weighted by Gasteiger charge is 2.33. The fourth-order valence-corrected chi connectivity index (χ4v) is 4.62. The van der Waals surface area contributed by atoms with E-state index in [1.165, 1.54) is 16.4 Å². The highest BCUT2D eigenvalue weighted by molar-refractivity contribution is 7.89. The molecule has 1 aliphatic rings. The lowest BCUT2D eigenvalue weighted by Gasteiger charge is -2.31. The number of amides is 1. The van der Waals surface area contributed by atoms with E-state index in [1.807, 2.05) is 19.1 Å². The van der Waals surface area contributed by atoms with Crippen LogP contribution < -0.4 is 5.32 Å². The van der Waals surface area contributed by atoms with Gasteiger partial charge in [0.2, 0.25) is 15.9 Å². The number of rotatable bonds is 4. The minimum absolute atomic E-state index is 0.155. The first kappa shape index (κ1) is 18.8. The molecule has 1 aromatic carbocycles. The molecule has 1 aliphatic heterocycles. The van der Waals surface area contributed by atoms with Crippen LogP contribution in [-0.4, -0.2) is 36.7 Å². The molecular formula is C18H20ClN3O3S. The second kappa shape index (κ2) is 7.73. The number of aromatic nitrogens is 1. The van der Waals surface area contributed by atoms with Crippen molar-refractivity contribution in [3.05, 3.63) is 53.2 Å². The molecule has 0 unspecified atom stereocenters. The summed E-state index contributed by atoms with van der Waals surface area (Å²) in [5, 5.41) is 3.26. The van der Waals surface area contributed by atoms with Gasteiger partial charge in [0.1, 0.15) is 5.82 Å². The van der Waals surface area contributed by atoms with Gasteiger partial charge in [0.25, 0.3) is 0 Å². The Balaban J connectivity index is 1.72. The van der Waals surface area contributed by atoms with Crippen molar-refractivity contribution in [2.45, 2.75) is 24.7 Å². The van der Waals surface area contributed by atoms with E-state index >= 15 is 0 Å². The molecule has 1 aromatic heterocycles. The average Bonchev–Trinajstić information content (AvgIpc) is 2.62. The number of pyridine rings is 1. The van der Waals surface area contributed by atoms with Gasteiger partial charge in [-0.25, -0.2) is 13.4 Å². The molecular weight excluding hydrogens is 374 g/mol. The number of carbonyl (C=O) groups is 1. The largest absolute Gasteiger partial charge is 0.310 e. The lowest BCUT2D eigenvalue weighted by Crippen LogP contribution is -2.43. The lowest BCUT2D eigenvalue weighted by atomic mass is 9.99. The fraction of sp³-hybridized carbons (Fsp3) is 0.333. The Morgan fingerprint density at radius 2 is 1.96 bits per heavy atom. The van der Waals surface area contributed by atoms with Crippen LogP contribution in [0.3, 0.4) is 0 Å². The standard InChI is InChI=1S/C18H20ClN3O3S/c1-13-4-2-6-17(20-13)21-18(23)14-5-3-11-22(12-14)26(24,25)16-9-7-15(19)8-10-16/h2,4,6-10,14H,3,5,11-12H2,1H3,(H,20,21,23)/t14-/m0/s1. The van der Waals surface area contributed by atoms with E-state index in [4.69, 9.17) is 11.6 Å². The normalized spacial score (nSPS) is 18.5. The topological polar surface area (TPSA) is 79.4 Å². The molecule has 26 heavy (non-hydrogen) atoms. The van der Waals surface area contributed by atoms with Gasteiger partial charge in [-0.1, -0.05) is 17.7 Å². The number of piperidine rings is 1. The molecule has 2 aromatic rings. The summed E-state index contributed by atoms with van der Waals surface area (Å²) in [5.41, 5.74) is 0.804. The summed E-state index contributed by atoms with van der Waals surface area (Å²) in [5.74, 6) is -0.139. The van der Waals surface area contributed by atoms with Gasteiger partial charge in [-0.2, -0.15) is 4.31 Å². The Morgan fingerprint density at radius 3 is 2.65 bits per heavy atom. The van der Waals surface area contributed by atoms with Crippen LogP contribution in [0.25, 0.3) is 0 Å². The molecule has 8 heteroatoms. The van der Waals surface area contributed by atoms with Crippen LogP contribution in [0, 0.1) is 12.8 Å². The maximum Gasteiger partial charge on any atom is 0.243 e. The van der Waals surface area contributed by atoms with Crippen molar-refractivity contribution in [1.29, 1.82) is 0 Å². The molecule has 0 radical (unpaired) electrons. The number of benzene rings is 1. The maximum atomic E-state index is 12.8. The summed E-state index contributed by atoms with van der Waals surface area (Å²) in [6.07, 6.45) is 1.27. The van der Waals surface area contributed by atoms with Crippen LogP contribution in [0.2, 0.25) is 5.02 Å². The molecule has 0 aliphatic carbocycles. The first-order valence-electron chi connectivity index (χ1n) is 8.36. The number of nitrogens with zero attached hydrogens (tertiary/aromatic N) is 2. The van der Waals surface area contributed by atoms with Crippen molar-refractivity contribution in [1.82, 2.24) is 9.29 Å². The van der Waals surface area contributed by atoms with Crippen LogP contribution in [0.15, 0.2) is 47.4 Å². The van der Waals surface area contributed by atoms with Gasteiger partial charge in [0, 0.05) is 23.8 Å². The van der Waals surface area contributed by atoms with Gasteiger partial charge in [-0.3, -0.25) is 4.79 Å². The average molecular weight is 394 g/mol. The zero-order chi connectivity index (χ0) is 18.7. The van der Waals surface area contributed by atoms with Gasteiger partial charge >= 0.3 is 0 Å². The number of hydrogen-bond donors (Lipinski definition) is 1. The number of hydrogen-bond acceptors (Lipinski definition) is 4. The van der Waals surface area contributed by atoms with Crippen molar-refractivity contribution in [3.8, 4) is 0 Å². The van der Waals surface area contributed by atoms with E-state index in [0.717, 1.165) is 5.69 Å². The third-order valence-electron chi connectivity index (χ3n) is 4.35. The summed E-state index contributed by atoms with van der Waals surface area (Å²) in [6, 6.07) is 11.4. The van der Waals surface area contributed by atoms with Crippen LogP contribution in [0.5, 0.6) is 0 Å². The molecule has 0 bridgehead atoms. The van der Waals surface area contributed by atoms with Gasteiger partial charge < -0.3 is 5.32 Å². The number of aryl methyl sites for hydroxylation is 1. The van der Waals surface area contributed by atoms with Crippen LogP contribution >= 0.6 is 11.6 Å². The summed E-state index contributed by atoms with van der Waals surface area (Å²) >= 11 is 5.83. The van der Waals surface area contributed by atoms with Crippen molar-refractivity contribution < 1.29 is 13.2 Å². The summed E-state index contributed by atoms with van der Waals surface area (Å²) in [4.78, 5) is 17.0. The van der Waals surface area contributed by atoms with Crippen molar-refractivity contribution >= 4 is 33.3 Å². The lowest BCUT2D eigenvalue weighted by molar-refractivity contribution is -0.120. The van der Waals surface area contributed by atoms with Crippen LogP contribution in [0.1, 0.15) is 18.5 Å². The Hall–Kier alpha value is -1.96. The second-order valence-electron chi connectivity index (χ2n) is 6.31. The van der Waals surface area contributed by atoms with Crippen molar-refractivity contribution in [2.24, 2.45) is 5.92 Å². The third kappa shape index (κ3) is 4.23. The smallest absolute Gasteiger partial charge is 0.243 e. The summed E-state index contributed by atoms with van der Waals surface area (Å²) in [7, 11) is -3.65. The number of nitrogens with one attached hydrogen (secondary N) is 1. The summed E-state index contributed by atoms with van der Waals surface area (Å²) in [6.45, 7) is 2.40. The van der Waals surface area contributed by atoms with E-state index in [9.17, 15) is 13.2 Å². The summed E-state index contributed by atoms with van der Waals surface area (Å²) < 4.78 is 27.0. The van der Waals surface area contributed by atoms with Gasteiger partial charge in [-0.15, -0.1) is 0 Å². The van der Waals surface area contributed by atoms with Crippen LogP contribution in [-0.2, 0) is 14.8 Å². The van der Waals surface area contributed by atoms with E-state index < -0.39 is 15.9 Å². The molecule has 1 fully saturated rings. The molecule has 3 rings (SSSR count). The van der Waals surface area contributed by atoms with Crippen LogP contribution in [0.4, 0.5) is 5.82 Å². The Morgan fingerprint density at radius 1 is 1.23 bits per heavy atom. The van der Waals surface area contributed by atoms with E-state index in [1.54, 1.807) is 18.2 Å². The minimum Gasteiger partial charge on any atom is -0.310 e. The van der Waals surface area contributed by atoms with E-state index in [2.05, 4.69) is 10.3 Å². The molecule has 1 N–H and O–H groups in total. The molecule has 1 atom stereocenters. The van der Waals surface area contributed by atoms with E-state index in [0.29, 0.717) is 30.2 Å². The number of carbonyl (C=O) groups excluding carboxylic acids is 1. The molecule has 6 nitrogen and oxygen atoms in total. The minimum atomic E-state index is -3.65. The molecule has 0 spiro atoms. The van der Waals surface area contributed by atoms with E-state index in [-0.39, 0.29) is 17.3 Å². The predicted molar refractivity (Wildman–Crippen MR) is 101 cm³/mol. The first-order chi connectivity index (χ1) is 12.4. The molecule has 138 valence electrons. The Kier molecular flexibility index (Phi) is 5.60. The fourth-order valence-electron chi connectivity index (χ4n) is 2.97. The van der Waals surface area contributed by atoms with Gasteiger partial charge in [0.05, 0.1) is 10.8 Å². The number of anilines is 1. The predicted octanol–water partition coefficient (Wildman–Crippen LogP) is 3.08. The van der Waals surface area contributed by atoms with Gasteiger partial charge in [-0.05, 0) is 56.2 Å². The third-order valence-corrected chi connectivity index (χ3v) is 6.48.